The number of aromatic nitrogens is 1. The highest BCUT2D eigenvalue weighted by Gasteiger charge is 2.17. The van der Waals surface area contributed by atoms with Gasteiger partial charge in [0, 0.05) is 25.5 Å². The number of sulfonamides is 1. The molecule has 0 unspecified atom stereocenters. The van der Waals surface area contributed by atoms with Crippen LogP contribution in [-0.2, 0) is 29.4 Å². The van der Waals surface area contributed by atoms with E-state index in [9.17, 15) is 8.42 Å². The van der Waals surface area contributed by atoms with E-state index >= 15 is 0 Å². The molecule has 22 heavy (non-hydrogen) atoms. The van der Waals surface area contributed by atoms with Crippen molar-refractivity contribution in [3.05, 3.63) is 53.9 Å². The van der Waals surface area contributed by atoms with E-state index in [0.29, 0.717) is 11.4 Å². The molecule has 0 bridgehead atoms. The highest BCUT2D eigenvalue weighted by molar-refractivity contribution is 7.89. The van der Waals surface area contributed by atoms with Crippen molar-refractivity contribution in [3.8, 4) is 0 Å². The molecule has 3 rings (SSSR count). The second-order valence-electron chi connectivity index (χ2n) is 5.81. The van der Waals surface area contributed by atoms with Gasteiger partial charge in [0.25, 0.3) is 0 Å². The van der Waals surface area contributed by atoms with Crippen molar-refractivity contribution < 1.29 is 8.42 Å². The van der Waals surface area contributed by atoms with Crippen molar-refractivity contribution in [3.63, 3.8) is 0 Å². The molecule has 1 N–H and O–H groups in total. The Morgan fingerprint density at radius 3 is 2.55 bits per heavy atom. The topological polar surface area (TPSA) is 51.1 Å². The molecule has 0 atom stereocenters. The van der Waals surface area contributed by atoms with Gasteiger partial charge in [0.15, 0.2) is 0 Å². The standard InChI is InChI=1S/C17H22N2O2S/c20-22(21,18-10-5-13-19-11-3-4-12-19)17-9-8-15-6-1-2-7-16(15)14-17/h3-4,8-9,11-12,14,18H,1-2,5-7,10,13H2. The number of fused-ring (bicyclic) bond motifs is 1. The molecule has 1 aromatic carbocycles. The minimum Gasteiger partial charge on any atom is -0.354 e. The number of hydrogen-bond acceptors (Lipinski definition) is 2. The van der Waals surface area contributed by atoms with Crippen LogP contribution in [-0.4, -0.2) is 19.5 Å². The molecular weight excluding hydrogens is 296 g/mol. The minimum atomic E-state index is -3.39. The summed E-state index contributed by atoms with van der Waals surface area (Å²) in [4.78, 5) is 0.397. The molecule has 0 saturated carbocycles. The molecule has 1 aliphatic rings. The highest BCUT2D eigenvalue weighted by Crippen LogP contribution is 2.23. The van der Waals surface area contributed by atoms with E-state index in [1.165, 1.54) is 17.5 Å². The number of hydrogen-bond donors (Lipinski definition) is 1. The molecule has 0 saturated heterocycles. The van der Waals surface area contributed by atoms with Crippen LogP contribution in [0.1, 0.15) is 30.4 Å². The van der Waals surface area contributed by atoms with Crippen molar-refractivity contribution in [2.45, 2.75) is 43.5 Å². The van der Waals surface area contributed by atoms with E-state index in [0.717, 1.165) is 32.2 Å². The summed E-state index contributed by atoms with van der Waals surface area (Å²) in [6.45, 7) is 1.28. The van der Waals surface area contributed by atoms with Gasteiger partial charge >= 0.3 is 0 Å². The molecule has 4 nitrogen and oxygen atoms in total. The summed E-state index contributed by atoms with van der Waals surface area (Å²) < 4.78 is 29.5. The zero-order valence-electron chi connectivity index (χ0n) is 12.7. The number of nitrogens with zero attached hydrogens (tertiary/aromatic N) is 1. The molecule has 0 spiro atoms. The lowest BCUT2D eigenvalue weighted by Gasteiger charge is -2.16. The van der Waals surface area contributed by atoms with Crippen molar-refractivity contribution >= 4 is 10.0 Å². The molecule has 0 radical (unpaired) electrons. The fraction of sp³-hybridized carbons (Fsp3) is 0.412. The van der Waals surface area contributed by atoms with E-state index in [-0.39, 0.29) is 0 Å². The molecule has 0 aliphatic heterocycles. The Hall–Kier alpha value is -1.59. The summed E-state index contributed by atoms with van der Waals surface area (Å²) >= 11 is 0. The largest absolute Gasteiger partial charge is 0.354 e. The fourth-order valence-electron chi connectivity index (χ4n) is 2.95. The Balaban J connectivity index is 1.60. The Morgan fingerprint density at radius 1 is 1.05 bits per heavy atom. The maximum Gasteiger partial charge on any atom is 0.240 e. The fourth-order valence-corrected chi connectivity index (χ4v) is 4.07. The van der Waals surface area contributed by atoms with Crippen molar-refractivity contribution in [1.82, 2.24) is 9.29 Å². The van der Waals surface area contributed by atoms with Gasteiger partial charge in [-0.3, -0.25) is 0 Å². The summed E-state index contributed by atoms with van der Waals surface area (Å²) in [5.74, 6) is 0. The highest BCUT2D eigenvalue weighted by atomic mass is 32.2. The van der Waals surface area contributed by atoms with Gasteiger partial charge in [0.05, 0.1) is 4.90 Å². The lowest BCUT2D eigenvalue weighted by Crippen LogP contribution is -2.25. The Kier molecular flexibility index (Phi) is 4.64. The summed E-state index contributed by atoms with van der Waals surface area (Å²) in [6, 6.07) is 9.50. The van der Waals surface area contributed by atoms with Crippen LogP contribution in [0, 0.1) is 0 Å². The van der Waals surface area contributed by atoms with Crippen LogP contribution < -0.4 is 4.72 Å². The maximum absolute atomic E-state index is 12.4. The van der Waals surface area contributed by atoms with Crippen LogP contribution in [0.4, 0.5) is 0 Å². The first-order chi connectivity index (χ1) is 10.6. The van der Waals surface area contributed by atoms with Crippen LogP contribution in [0.3, 0.4) is 0 Å². The van der Waals surface area contributed by atoms with Gasteiger partial charge < -0.3 is 4.57 Å². The van der Waals surface area contributed by atoms with E-state index in [1.807, 2.05) is 41.2 Å². The Labute approximate surface area is 132 Å². The average Bonchev–Trinajstić information content (AvgIpc) is 3.04. The first kappa shape index (κ1) is 15.3. The third kappa shape index (κ3) is 3.59. The first-order valence-electron chi connectivity index (χ1n) is 7.87. The summed E-state index contributed by atoms with van der Waals surface area (Å²) in [5, 5.41) is 0. The average molecular weight is 318 g/mol. The Morgan fingerprint density at radius 2 is 1.77 bits per heavy atom. The van der Waals surface area contributed by atoms with Crippen molar-refractivity contribution in [2.75, 3.05) is 6.54 Å². The monoisotopic (exact) mass is 318 g/mol. The van der Waals surface area contributed by atoms with E-state index < -0.39 is 10.0 Å². The zero-order chi connectivity index (χ0) is 15.4. The maximum atomic E-state index is 12.4. The summed E-state index contributed by atoms with van der Waals surface area (Å²) in [6.07, 6.45) is 9.17. The van der Waals surface area contributed by atoms with Crippen LogP contribution in [0.2, 0.25) is 0 Å². The first-order valence-corrected chi connectivity index (χ1v) is 9.36. The lowest BCUT2D eigenvalue weighted by atomic mass is 9.92. The predicted octanol–water partition coefficient (Wildman–Crippen LogP) is 2.74. The van der Waals surface area contributed by atoms with Gasteiger partial charge in [-0.2, -0.15) is 0 Å². The van der Waals surface area contributed by atoms with Crippen LogP contribution in [0.15, 0.2) is 47.6 Å². The van der Waals surface area contributed by atoms with E-state index in [2.05, 4.69) is 4.72 Å². The van der Waals surface area contributed by atoms with Gasteiger partial charge in [0.1, 0.15) is 0 Å². The number of aryl methyl sites for hydroxylation is 3. The van der Waals surface area contributed by atoms with Crippen LogP contribution >= 0.6 is 0 Å². The molecule has 0 amide bonds. The third-order valence-corrected chi connectivity index (χ3v) is 5.64. The second kappa shape index (κ2) is 6.67. The van der Waals surface area contributed by atoms with E-state index in [1.54, 1.807) is 6.07 Å². The van der Waals surface area contributed by atoms with E-state index in [4.69, 9.17) is 0 Å². The van der Waals surface area contributed by atoms with Crippen LogP contribution in [0.5, 0.6) is 0 Å². The molecule has 1 aliphatic carbocycles. The van der Waals surface area contributed by atoms with Gasteiger partial charge in [-0.15, -0.1) is 0 Å². The smallest absolute Gasteiger partial charge is 0.240 e. The number of rotatable bonds is 6. The molecule has 118 valence electrons. The van der Waals surface area contributed by atoms with Gasteiger partial charge in [-0.1, -0.05) is 6.07 Å². The molecular formula is C17H22N2O2S. The van der Waals surface area contributed by atoms with Gasteiger partial charge in [0.2, 0.25) is 10.0 Å². The van der Waals surface area contributed by atoms with Crippen molar-refractivity contribution in [2.24, 2.45) is 0 Å². The van der Waals surface area contributed by atoms with Gasteiger partial charge in [-0.25, -0.2) is 13.1 Å². The minimum absolute atomic E-state index is 0.397. The van der Waals surface area contributed by atoms with Crippen molar-refractivity contribution in [1.29, 1.82) is 0 Å². The summed E-state index contributed by atoms with van der Waals surface area (Å²) in [5.41, 5.74) is 2.50. The number of benzene rings is 1. The lowest BCUT2D eigenvalue weighted by molar-refractivity contribution is 0.569. The SMILES string of the molecule is O=S(=O)(NCCCn1cccc1)c1ccc2c(c1)CCCC2. The number of nitrogens with one attached hydrogen (secondary N) is 1. The second-order valence-corrected chi connectivity index (χ2v) is 7.58. The van der Waals surface area contributed by atoms with Crippen LogP contribution in [0.25, 0.3) is 0 Å². The molecule has 1 heterocycles. The molecule has 5 heteroatoms. The third-order valence-electron chi connectivity index (χ3n) is 4.18. The molecule has 1 aromatic heterocycles. The normalized spacial score (nSPS) is 14.7. The Bertz CT molecular complexity index is 721. The summed E-state index contributed by atoms with van der Waals surface area (Å²) in [7, 11) is -3.39. The zero-order valence-corrected chi connectivity index (χ0v) is 13.5. The molecule has 0 fully saturated rings. The van der Waals surface area contributed by atoms with Gasteiger partial charge in [-0.05, 0) is 67.5 Å². The molecule has 2 aromatic rings. The quantitative estimate of drug-likeness (QED) is 0.833. The predicted molar refractivity (Wildman–Crippen MR) is 87.3 cm³/mol.